The average molecular weight is 583 g/mol. The van der Waals surface area contributed by atoms with E-state index >= 15 is 0 Å². The van der Waals surface area contributed by atoms with Crippen LogP contribution in [0, 0.1) is 0 Å². The first kappa shape index (κ1) is 29.9. The molecule has 10 heteroatoms. The molecule has 10 nitrogen and oxygen atoms in total. The molecule has 0 spiro atoms. The lowest BCUT2D eigenvalue weighted by molar-refractivity contribution is -0.145. The minimum atomic E-state index is -0.873. The highest BCUT2D eigenvalue weighted by molar-refractivity contribution is 5.98. The second kappa shape index (κ2) is 14.1. The lowest BCUT2D eigenvalue weighted by Crippen LogP contribution is -2.60. The number of nitrogens with zero attached hydrogens (tertiary/aromatic N) is 3. The van der Waals surface area contributed by atoms with E-state index in [1.807, 2.05) is 12.1 Å². The second-order valence-corrected chi connectivity index (χ2v) is 10.9. The highest BCUT2D eigenvalue weighted by Gasteiger charge is 2.36. The normalized spacial score (nSPS) is 17.8. The summed E-state index contributed by atoms with van der Waals surface area (Å²) in [5.74, 6) is -1.03. The van der Waals surface area contributed by atoms with E-state index in [4.69, 9.17) is 0 Å². The third kappa shape index (κ3) is 7.85. The Hall–Kier alpha value is -4.54. The smallest absolute Gasteiger partial charge is 0.243 e. The van der Waals surface area contributed by atoms with Crippen LogP contribution in [0.1, 0.15) is 30.5 Å². The third-order valence-electron chi connectivity index (χ3n) is 7.88. The molecule has 2 fully saturated rings. The Morgan fingerprint density at radius 3 is 1.91 bits per heavy atom. The summed E-state index contributed by atoms with van der Waals surface area (Å²) in [5.41, 5.74) is 3.63. The molecule has 0 aromatic heterocycles. The molecular weight excluding hydrogens is 544 g/mol. The number of rotatable bonds is 9. The molecule has 2 aliphatic heterocycles. The van der Waals surface area contributed by atoms with E-state index < -0.39 is 6.04 Å². The summed E-state index contributed by atoms with van der Waals surface area (Å²) in [5, 5.41) is 8.26. The summed E-state index contributed by atoms with van der Waals surface area (Å²) in [6, 6.07) is 26.9. The van der Waals surface area contributed by atoms with Crippen LogP contribution in [-0.4, -0.2) is 90.2 Å². The Morgan fingerprint density at radius 2 is 1.35 bits per heavy atom. The predicted molar refractivity (Wildman–Crippen MR) is 165 cm³/mol. The van der Waals surface area contributed by atoms with Gasteiger partial charge in [0.1, 0.15) is 6.04 Å². The van der Waals surface area contributed by atoms with Gasteiger partial charge < -0.3 is 20.9 Å². The van der Waals surface area contributed by atoms with E-state index in [0.29, 0.717) is 24.5 Å². The SMILES string of the molecule is CC(=O)Nc1ccc(NC(=O)C[C@@H]2C(=O)NCCN2C(=O)CN2CCN(C(c3ccccc3)c3ccccc3)CC2)cc1. The zero-order valence-corrected chi connectivity index (χ0v) is 24.4. The van der Waals surface area contributed by atoms with E-state index in [1.165, 1.54) is 18.1 Å². The van der Waals surface area contributed by atoms with Gasteiger partial charge in [0.25, 0.3) is 0 Å². The van der Waals surface area contributed by atoms with E-state index in [9.17, 15) is 19.2 Å². The quantitative estimate of drug-likeness (QED) is 0.358. The van der Waals surface area contributed by atoms with Crippen LogP contribution in [0.5, 0.6) is 0 Å². The molecule has 5 rings (SSSR count). The predicted octanol–water partition coefficient (Wildman–Crippen LogP) is 2.71. The maximum atomic E-state index is 13.5. The summed E-state index contributed by atoms with van der Waals surface area (Å²) < 4.78 is 0. The first-order chi connectivity index (χ1) is 20.9. The topological polar surface area (TPSA) is 114 Å². The molecule has 43 heavy (non-hydrogen) atoms. The van der Waals surface area contributed by atoms with Crippen molar-refractivity contribution in [2.24, 2.45) is 0 Å². The van der Waals surface area contributed by atoms with Crippen LogP contribution in [0.15, 0.2) is 84.9 Å². The zero-order chi connectivity index (χ0) is 30.2. The number of nitrogens with one attached hydrogen (secondary N) is 3. The van der Waals surface area contributed by atoms with E-state index in [1.54, 1.807) is 29.2 Å². The molecule has 3 aromatic rings. The molecule has 0 bridgehead atoms. The highest BCUT2D eigenvalue weighted by atomic mass is 16.2. The maximum Gasteiger partial charge on any atom is 0.243 e. The van der Waals surface area contributed by atoms with Gasteiger partial charge in [0, 0.05) is 57.6 Å². The fourth-order valence-corrected chi connectivity index (χ4v) is 5.79. The maximum absolute atomic E-state index is 13.5. The number of benzene rings is 3. The van der Waals surface area contributed by atoms with Gasteiger partial charge in [-0.15, -0.1) is 0 Å². The average Bonchev–Trinajstić information content (AvgIpc) is 3.01. The Labute approximate surface area is 252 Å². The largest absolute Gasteiger partial charge is 0.353 e. The van der Waals surface area contributed by atoms with E-state index in [-0.39, 0.29) is 42.6 Å². The van der Waals surface area contributed by atoms with Crippen LogP contribution >= 0.6 is 0 Å². The van der Waals surface area contributed by atoms with Crippen LogP contribution in [0.4, 0.5) is 11.4 Å². The van der Waals surface area contributed by atoms with Crippen molar-refractivity contribution >= 4 is 35.0 Å². The summed E-state index contributed by atoms with van der Waals surface area (Å²) in [6.45, 7) is 5.39. The first-order valence-corrected chi connectivity index (χ1v) is 14.7. The third-order valence-corrected chi connectivity index (χ3v) is 7.88. The van der Waals surface area contributed by atoms with Gasteiger partial charge in [-0.05, 0) is 35.4 Å². The van der Waals surface area contributed by atoms with Crippen molar-refractivity contribution in [1.29, 1.82) is 0 Å². The number of piperazine rings is 2. The Morgan fingerprint density at radius 1 is 0.791 bits per heavy atom. The fraction of sp³-hybridized carbons (Fsp3) is 0.333. The summed E-state index contributed by atoms with van der Waals surface area (Å²) in [7, 11) is 0. The number of carbonyl (C=O) groups is 4. The van der Waals surface area contributed by atoms with Crippen LogP contribution in [0.3, 0.4) is 0 Å². The fourth-order valence-electron chi connectivity index (χ4n) is 5.79. The lowest BCUT2D eigenvalue weighted by atomic mass is 9.96. The molecule has 1 atom stereocenters. The highest BCUT2D eigenvalue weighted by Crippen LogP contribution is 2.29. The number of hydrogen-bond acceptors (Lipinski definition) is 6. The van der Waals surface area contributed by atoms with Crippen molar-refractivity contribution in [3.05, 3.63) is 96.1 Å². The summed E-state index contributed by atoms with van der Waals surface area (Å²) in [6.07, 6.45) is -0.144. The number of carbonyl (C=O) groups excluding carboxylic acids is 4. The molecule has 224 valence electrons. The van der Waals surface area contributed by atoms with Crippen LogP contribution in [0.2, 0.25) is 0 Å². The second-order valence-electron chi connectivity index (χ2n) is 10.9. The zero-order valence-electron chi connectivity index (χ0n) is 24.4. The van der Waals surface area contributed by atoms with Gasteiger partial charge in [-0.1, -0.05) is 60.7 Å². The number of amides is 4. The van der Waals surface area contributed by atoms with Gasteiger partial charge in [-0.25, -0.2) is 0 Å². The molecule has 4 amide bonds. The van der Waals surface area contributed by atoms with Crippen molar-refractivity contribution in [3.63, 3.8) is 0 Å². The number of hydrogen-bond donors (Lipinski definition) is 3. The van der Waals surface area contributed by atoms with E-state index in [0.717, 1.165) is 26.2 Å². The van der Waals surface area contributed by atoms with Gasteiger partial charge in [0.15, 0.2) is 0 Å². The minimum absolute atomic E-state index is 0.135. The van der Waals surface area contributed by atoms with Gasteiger partial charge in [0.2, 0.25) is 23.6 Å². The van der Waals surface area contributed by atoms with Crippen molar-refractivity contribution in [2.45, 2.75) is 25.4 Å². The van der Waals surface area contributed by atoms with Crippen molar-refractivity contribution in [3.8, 4) is 0 Å². The molecule has 0 unspecified atom stereocenters. The van der Waals surface area contributed by atoms with Crippen molar-refractivity contribution in [1.82, 2.24) is 20.0 Å². The molecule has 0 radical (unpaired) electrons. The standard InChI is InChI=1S/C33H38N6O4/c1-24(40)35-27-12-14-28(15-13-27)36-30(41)22-29-33(43)34-16-17-39(29)31(42)23-37-18-20-38(21-19-37)32(25-8-4-2-5-9-25)26-10-6-3-7-11-26/h2-15,29,32H,16-23H2,1H3,(H,34,43)(H,35,40)(H,36,41)/t29-/m1/s1. The molecule has 2 saturated heterocycles. The van der Waals surface area contributed by atoms with Gasteiger partial charge in [-0.2, -0.15) is 0 Å². The lowest BCUT2D eigenvalue weighted by Gasteiger charge is -2.41. The van der Waals surface area contributed by atoms with Crippen LogP contribution in [-0.2, 0) is 19.2 Å². The Bertz CT molecular complexity index is 1370. The van der Waals surface area contributed by atoms with Crippen molar-refractivity contribution < 1.29 is 19.2 Å². The Kier molecular flexibility index (Phi) is 9.81. The van der Waals surface area contributed by atoms with Crippen molar-refractivity contribution in [2.75, 3.05) is 56.4 Å². The summed E-state index contributed by atoms with van der Waals surface area (Å²) in [4.78, 5) is 56.5. The first-order valence-electron chi connectivity index (χ1n) is 14.7. The van der Waals surface area contributed by atoms with Crippen LogP contribution in [0.25, 0.3) is 0 Å². The molecule has 2 heterocycles. The minimum Gasteiger partial charge on any atom is -0.353 e. The molecular formula is C33H38N6O4. The monoisotopic (exact) mass is 582 g/mol. The molecule has 0 aliphatic carbocycles. The molecule has 2 aliphatic rings. The van der Waals surface area contributed by atoms with Gasteiger partial charge in [0.05, 0.1) is 19.0 Å². The molecule has 3 aromatic carbocycles. The molecule has 0 saturated carbocycles. The molecule has 3 N–H and O–H groups in total. The van der Waals surface area contributed by atoms with Gasteiger partial charge in [-0.3, -0.25) is 29.0 Å². The van der Waals surface area contributed by atoms with E-state index in [2.05, 4.69) is 74.3 Å². The van der Waals surface area contributed by atoms with Crippen LogP contribution < -0.4 is 16.0 Å². The number of anilines is 2. The van der Waals surface area contributed by atoms with Gasteiger partial charge >= 0.3 is 0 Å². The summed E-state index contributed by atoms with van der Waals surface area (Å²) >= 11 is 0. The Balaban J connectivity index is 1.17.